The fraction of sp³-hybridized carbons (Fsp3) is 0.286. The summed E-state index contributed by atoms with van der Waals surface area (Å²) >= 11 is 0. The van der Waals surface area contributed by atoms with Gasteiger partial charge in [0.2, 0.25) is 0 Å². The average Bonchev–Trinajstić information content (AvgIpc) is 2.23. The third-order valence-corrected chi connectivity index (χ3v) is 3.01. The largest absolute Gasteiger partial charge is 0.0616 e. The lowest BCUT2D eigenvalue weighted by atomic mass is 9.95. The third-order valence-electron chi connectivity index (χ3n) is 3.01. The van der Waals surface area contributed by atoms with Crippen molar-refractivity contribution >= 4 is 10.8 Å². The van der Waals surface area contributed by atoms with Crippen LogP contribution in [0.5, 0.6) is 0 Å². The van der Waals surface area contributed by atoms with Gasteiger partial charge in [-0.05, 0) is 47.7 Å². The van der Waals surface area contributed by atoms with Crippen LogP contribution in [0.25, 0.3) is 10.8 Å². The molecule has 2 aromatic rings. The summed E-state index contributed by atoms with van der Waals surface area (Å²) in [6.07, 6.45) is 1.12. The Morgan fingerprint density at radius 3 is 2.29 bits per heavy atom. The molecule has 0 aromatic heterocycles. The van der Waals surface area contributed by atoms with Crippen molar-refractivity contribution in [1.82, 2.24) is 0 Å². The molecule has 0 amide bonds. The maximum absolute atomic E-state index is 2.32. The lowest BCUT2D eigenvalue weighted by Crippen LogP contribution is -1.90. The number of hydrogen-bond acceptors (Lipinski definition) is 0. The fourth-order valence-electron chi connectivity index (χ4n) is 2.14. The first kappa shape index (κ1) is 9.26. The van der Waals surface area contributed by atoms with Gasteiger partial charge in [0, 0.05) is 0 Å². The number of fused-ring (bicyclic) bond motifs is 1. The molecule has 0 aliphatic carbocycles. The molecule has 2 aromatic carbocycles. The lowest BCUT2D eigenvalue weighted by molar-refractivity contribution is 1.11. The highest BCUT2D eigenvalue weighted by atomic mass is 14.1. The second-order valence-electron chi connectivity index (χ2n) is 3.88. The number of hydrogen-bond donors (Lipinski definition) is 0. The highest BCUT2D eigenvalue weighted by molar-refractivity contribution is 5.89. The van der Waals surface area contributed by atoms with Crippen LogP contribution in [-0.2, 0) is 6.42 Å². The van der Waals surface area contributed by atoms with Gasteiger partial charge in [-0.2, -0.15) is 0 Å². The summed E-state index contributed by atoms with van der Waals surface area (Å²) < 4.78 is 0. The Hall–Kier alpha value is -1.30. The zero-order valence-electron chi connectivity index (χ0n) is 9.09. The molecule has 0 aliphatic heterocycles. The molecule has 0 unspecified atom stereocenters. The molecule has 0 heterocycles. The maximum Gasteiger partial charge on any atom is -0.0149 e. The van der Waals surface area contributed by atoms with E-state index in [0.717, 1.165) is 6.42 Å². The molecule has 0 bridgehead atoms. The summed E-state index contributed by atoms with van der Waals surface area (Å²) in [5.41, 5.74) is 4.30. The van der Waals surface area contributed by atoms with Crippen LogP contribution < -0.4 is 0 Å². The topological polar surface area (TPSA) is 0 Å². The van der Waals surface area contributed by atoms with Gasteiger partial charge < -0.3 is 0 Å². The van der Waals surface area contributed by atoms with Crippen LogP contribution >= 0.6 is 0 Å². The molecule has 0 saturated carbocycles. The molecule has 0 heteroatoms. The van der Waals surface area contributed by atoms with Gasteiger partial charge >= 0.3 is 0 Å². The molecule has 0 aliphatic rings. The van der Waals surface area contributed by atoms with E-state index in [0.29, 0.717) is 0 Å². The van der Waals surface area contributed by atoms with E-state index in [2.05, 4.69) is 51.1 Å². The van der Waals surface area contributed by atoms with Crippen molar-refractivity contribution in [2.75, 3.05) is 0 Å². The molecule has 72 valence electrons. The number of aryl methyl sites for hydroxylation is 3. The van der Waals surface area contributed by atoms with Gasteiger partial charge in [0.25, 0.3) is 0 Å². The molecule has 0 atom stereocenters. The minimum Gasteiger partial charge on any atom is -0.0616 e. The number of benzene rings is 2. The molecule has 0 N–H and O–H groups in total. The van der Waals surface area contributed by atoms with Gasteiger partial charge in [0.15, 0.2) is 0 Å². The molecular formula is C14H16. The Labute approximate surface area is 85.6 Å². The van der Waals surface area contributed by atoms with Gasteiger partial charge in [-0.15, -0.1) is 0 Å². The van der Waals surface area contributed by atoms with Crippen LogP contribution in [0.4, 0.5) is 0 Å². The van der Waals surface area contributed by atoms with E-state index in [1.165, 1.54) is 27.5 Å². The molecule has 0 nitrogen and oxygen atoms in total. The minimum atomic E-state index is 1.12. The molecule has 0 fully saturated rings. The van der Waals surface area contributed by atoms with Crippen molar-refractivity contribution in [2.45, 2.75) is 27.2 Å². The summed E-state index contributed by atoms with van der Waals surface area (Å²) in [7, 11) is 0. The monoisotopic (exact) mass is 184 g/mol. The van der Waals surface area contributed by atoms with Crippen LogP contribution in [0, 0.1) is 13.8 Å². The van der Waals surface area contributed by atoms with E-state index in [1.54, 1.807) is 0 Å². The summed E-state index contributed by atoms with van der Waals surface area (Å²) in [6, 6.07) is 11.0. The number of rotatable bonds is 1. The summed E-state index contributed by atoms with van der Waals surface area (Å²) in [5, 5.41) is 2.80. The van der Waals surface area contributed by atoms with Crippen molar-refractivity contribution in [2.24, 2.45) is 0 Å². The Balaban J connectivity index is 2.87. The quantitative estimate of drug-likeness (QED) is 0.628. The Bertz CT molecular complexity index is 467. The molecular weight excluding hydrogens is 168 g/mol. The molecule has 0 saturated heterocycles. The molecule has 0 spiro atoms. The van der Waals surface area contributed by atoms with Gasteiger partial charge in [-0.1, -0.05) is 37.3 Å². The Morgan fingerprint density at radius 2 is 1.64 bits per heavy atom. The second kappa shape index (κ2) is 3.45. The average molecular weight is 184 g/mol. The molecule has 2 rings (SSSR count). The van der Waals surface area contributed by atoms with Crippen molar-refractivity contribution < 1.29 is 0 Å². The summed E-state index contributed by atoms with van der Waals surface area (Å²) in [4.78, 5) is 0. The third kappa shape index (κ3) is 1.31. The lowest BCUT2D eigenvalue weighted by Gasteiger charge is -2.10. The van der Waals surface area contributed by atoms with Gasteiger partial charge in [-0.3, -0.25) is 0 Å². The van der Waals surface area contributed by atoms with Crippen LogP contribution in [0.2, 0.25) is 0 Å². The van der Waals surface area contributed by atoms with Crippen molar-refractivity contribution in [3.63, 3.8) is 0 Å². The highest BCUT2D eigenvalue weighted by Crippen LogP contribution is 2.25. The van der Waals surface area contributed by atoms with Crippen molar-refractivity contribution in [3.8, 4) is 0 Å². The summed E-state index contributed by atoms with van der Waals surface area (Å²) in [5.74, 6) is 0. The SMILES string of the molecule is CCc1cc(C)c2ccccc2c1C. The smallest absolute Gasteiger partial charge is 0.0149 e. The van der Waals surface area contributed by atoms with E-state index in [4.69, 9.17) is 0 Å². The van der Waals surface area contributed by atoms with Crippen LogP contribution in [0.1, 0.15) is 23.6 Å². The predicted molar refractivity (Wildman–Crippen MR) is 62.8 cm³/mol. The summed E-state index contributed by atoms with van der Waals surface area (Å²) in [6.45, 7) is 6.64. The van der Waals surface area contributed by atoms with E-state index < -0.39 is 0 Å². The zero-order chi connectivity index (χ0) is 10.1. The first-order chi connectivity index (χ1) is 6.74. The van der Waals surface area contributed by atoms with Crippen LogP contribution in [0.15, 0.2) is 30.3 Å². The van der Waals surface area contributed by atoms with Crippen molar-refractivity contribution in [3.05, 3.63) is 47.0 Å². The van der Waals surface area contributed by atoms with Crippen molar-refractivity contribution in [1.29, 1.82) is 0 Å². The zero-order valence-corrected chi connectivity index (χ0v) is 9.09. The van der Waals surface area contributed by atoms with Crippen LogP contribution in [-0.4, -0.2) is 0 Å². The fourth-order valence-corrected chi connectivity index (χ4v) is 2.14. The van der Waals surface area contributed by atoms with E-state index in [9.17, 15) is 0 Å². The Kier molecular flexibility index (Phi) is 2.28. The van der Waals surface area contributed by atoms with E-state index in [-0.39, 0.29) is 0 Å². The standard InChI is InChI=1S/C14H16/c1-4-12-9-10(2)13-7-5-6-8-14(13)11(12)3/h5-9H,4H2,1-3H3. The van der Waals surface area contributed by atoms with E-state index >= 15 is 0 Å². The predicted octanol–water partition coefficient (Wildman–Crippen LogP) is 4.02. The minimum absolute atomic E-state index is 1.12. The first-order valence-corrected chi connectivity index (χ1v) is 5.22. The molecule has 14 heavy (non-hydrogen) atoms. The highest BCUT2D eigenvalue weighted by Gasteiger charge is 2.04. The van der Waals surface area contributed by atoms with Crippen LogP contribution in [0.3, 0.4) is 0 Å². The molecule has 0 radical (unpaired) electrons. The van der Waals surface area contributed by atoms with E-state index in [1.807, 2.05) is 0 Å². The van der Waals surface area contributed by atoms with Gasteiger partial charge in [0.05, 0.1) is 0 Å². The van der Waals surface area contributed by atoms with Gasteiger partial charge in [-0.25, -0.2) is 0 Å². The maximum atomic E-state index is 2.32. The van der Waals surface area contributed by atoms with Gasteiger partial charge in [0.1, 0.15) is 0 Å². The normalized spacial score (nSPS) is 10.8. The second-order valence-corrected chi connectivity index (χ2v) is 3.88. The Morgan fingerprint density at radius 1 is 1.00 bits per heavy atom. The first-order valence-electron chi connectivity index (χ1n) is 5.22.